The van der Waals surface area contributed by atoms with Gasteiger partial charge in [-0.2, -0.15) is 13.2 Å². The van der Waals surface area contributed by atoms with Crippen molar-refractivity contribution in [3.8, 4) is 0 Å². The number of hydrogen-bond donors (Lipinski definition) is 1. The van der Waals surface area contributed by atoms with E-state index in [1.807, 2.05) is 0 Å². The van der Waals surface area contributed by atoms with Crippen LogP contribution in [0.25, 0.3) is 10.9 Å². The molecule has 0 aliphatic rings. The topological polar surface area (TPSA) is 73.0 Å². The van der Waals surface area contributed by atoms with E-state index in [4.69, 9.17) is 0 Å². The second kappa shape index (κ2) is 3.86. The van der Waals surface area contributed by atoms with Gasteiger partial charge >= 0.3 is 6.18 Å². The number of H-pyrrole nitrogens is 1. The molecule has 0 fully saturated rings. The smallest absolute Gasteiger partial charge is 0.416 e. The fourth-order valence-electron chi connectivity index (χ4n) is 1.55. The molecule has 0 saturated carbocycles. The molecule has 2 rings (SSSR count). The lowest BCUT2D eigenvalue weighted by atomic mass is 10.1. The second-order valence-electron chi connectivity index (χ2n) is 3.58. The molecule has 0 radical (unpaired) electrons. The van der Waals surface area contributed by atoms with Crippen molar-refractivity contribution >= 4 is 16.9 Å². The number of aromatic amines is 1. The third-order valence-corrected chi connectivity index (χ3v) is 2.43. The van der Waals surface area contributed by atoms with Gasteiger partial charge in [-0.15, -0.1) is 0 Å². The number of rotatable bonds is 1. The highest BCUT2D eigenvalue weighted by atomic mass is 19.4. The summed E-state index contributed by atoms with van der Waals surface area (Å²) in [6.45, 7) is 0. The van der Waals surface area contributed by atoms with Crippen molar-refractivity contribution in [2.45, 2.75) is 6.18 Å². The lowest BCUT2D eigenvalue weighted by Crippen LogP contribution is -2.29. The van der Waals surface area contributed by atoms with E-state index in [0.717, 1.165) is 24.4 Å². The summed E-state index contributed by atoms with van der Waals surface area (Å²) in [6.07, 6.45) is -3.71. The zero-order valence-electron chi connectivity index (χ0n) is 8.67. The van der Waals surface area contributed by atoms with Gasteiger partial charge in [0.25, 0.3) is 0 Å². The first kappa shape index (κ1) is 12.2. The number of carboxylic acids is 1. The zero-order valence-corrected chi connectivity index (χ0v) is 8.67. The van der Waals surface area contributed by atoms with Gasteiger partial charge in [-0.3, -0.25) is 4.79 Å². The summed E-state index contributed by atoms with van der Waals surface area (Å²) in [5.41, 5.74) is -2.51. The Bertz CT molecular complexity index is 688. The maximum atomic E-state index is 12.4. The summed E-state index contributed by atoms with van der Waals surface area (Å²) >= 11 is 0. The number of alkyl halides is 3. The fraction of sp³-hybridized carbons (Fsp3) is 0.0909. The minimum absolute atomic E-state index is 0.0835. The molecule has 1 aromatic heterocycles. The van der Waals surface area contributed by atoms with Crippen LogP contribution in [0.15, 0.2) is 29.2 Å². The van der Waals surface area contributed by atoms with Crippen molar-refractivity contribution in [3.05, 3.63) is 45.7 Å². The van der Waals surface area contributed by atoms with Crippen LogP contribution >= 0.6 is 0 Å². The summed E-state index contributed by atoms with van der Waals surface area (Å²) in [5.74, 6) is -1.68. The predicted molar refractivity (Wildman–Crippen MR) is 53.9 cm³/mol. The van der Waals surface area contributed by atoms with E-state index in [9.17, 15) is 27.9 Å². The van der Waals surface area contributed by atoms with Gasteiger partial charge in [0.1, 0.15) is 0 Å². The van der Waals surface area contributed by atoms with E-state index < -0.39 is 28.7 Å². The van der Waals surface area contributed by atoms with Crippen LogP contribution < -0.4 is 10.5 Å². The number of pyridine rings is 1. The number of nitrogens with one attached hydrogen (secondary N) is 1. The highest BCUT2D eigenvalue weighted by Gasteiger charge is 2.30. The normalized spacial score (nSPS) is 11.7. The molecule has 0 aliphatic heterocycles. The Balaban J connectivity index is 2.73. The van der Waals surface area contributed by atoms with Crippen LogP contribution in [-0.2, 0) is 6.18 Å². The standard InChI is InChI=1S/C11H6F3NO3/c12-11(13,14)5-1-2-6-8(3-5)15-4-7(9(6)16)10(17)18/h1-4H,(H,15,16)(H,17,18)/p-1. The molecule has 0 aliphatic carbocycles. The highest BCUT2D eigenvalue weighted by molar-refractivity contribution is 5.91. The Hall–Kier alpha value is -2.31. The molecule has 0 atom stereocenters. The first-order chi connectivity index (χ1) is 8.30. The van der Waals surface area contributed by atoms with Crippen molar-refractivity contribution in [2.24, 2.45) is 0 Å². The SMILES string of the molecule is O=C([O-])c1c[nH]c2cc(C(F)(F)F)ccc2c1=O. The lowest BCUT2D eigenvalue weighted by Gasteiger charge is -2.08. The number of carboxylic acid groups (broad SMARTS) is 1. The summed E-state index contributed by atoms with van der Waals surface area (Å²) in [4.78, 5) is 24.5. The number of hydrogen-bond acceptors (Lipinski definition) is 3. The number of aromatic nitrogens is 1. The number of halogens is 3. The molecule has 1 aromatic carbocycles. The molecule has 0 unspecified atom stereocenters. The van der Waals surface area contributed by atoms with Gasteiger partial charge in [0.2, 0.25) is 0 Å². The minimum Gasteiger partial charge on any atom is -0.545 e. The molecule has 2 aromatic rings. The van der Waals surface area contributed by atoms with Crippen LogP contribution in [0.5, 0.6) is 0 Å². The van der Waals surface area contributed by atoms with Crippen molar-refractivity contribution in [1.82, 2.24) is 4.98 Å². The van der Waals surface area contributed by atoms with Gasteiger partial charge in [-0.05, 0) is 18.2 Å². The predicted octanol–water partition coefficient (Wildman–Crippen LogP) is 0.910. The van der Waals surface area contributed by atoms with E-state index in [-0.39, 0.29) is 10.9 Å². The average molecular weight is 256 g/mol. The summed E-state index contributed by atoms with van der Waals surface area (Å²) < 4.78 is 37.3. The Labute approximate surface area is 97.7 Å². The summed E-state index contributed by atoms with van der Waals surface area (Å²) in [6, 6.07) is 2.40. The number of carbonyl (C=O) groups excluding carboxylic acids is 1. The summed E-state index contributed by atoms with van der Waals surface area (Å²) in [5, 5.41) is 10.4. The van der Waals surface area contributed by atoms with Crippen LogP contribution in [-0.4, -0.2) is 11.0 Å². The third kappa shape index (κ3) is 1.94. The van der Waals surface area contributed by atoms with Gasteiger partial charge < -0.3 is 14.9 Å². The van der Waals surface area contributed by atoms with Crippen molar-refractivity contribution in [1.29, 1.82) is 0 Å². The molecule has 0 amide bonds. The number of fused-ring (bicyclic) bond motifs is 1. The van der Waals surface area contributed by atoms with Gasteiger partial charge in [0, 0.05) is 17.1 Å². The molecule has 0 bridgehead atoms. The monoisotopic (exact) mass is 256 g/mol. The molecular formula is C11H5F3NO3-. The lowest BCUT2D eigenvalue weighted by molar-refractivity contribution is -0.255. The Morgan fingerprint density at radius 3 is 2.50 bits per heavy atom. The highest BCUT2D eigenvalue weighted by Crippen LogP contribution is 2.30. The quantitative estimate of drug-likeness (QED) is 0.824. The van der Waals surface area contributed by atoms with Gasteiger partial charge in [-0.1, -0.05) is 0 Å². The van der Waals surface area contributed by atoms with E-state index >= 15 is 0 Å². The van der Waals surface area contributed by atoms with E-state index in [1.165, 1.54) is 0 Å². The van der Waals surface area contributed by atoms with E-state index in [2.05, 4.69) is 4.98 Å². The van der Waals surface area contributed by atoms with Crippen LogP contribution in [0.4, 0.5) is 13.2 Å². The van der Waals surface area contributed by atoms with Gasteiger partial charge in [0.15, 0.2) is 5.43 Å². The molecular weight excluding hydrogens is 251 g/mol. The Morgan fingerprint density at radius 1 is 1.28 bits per heavy atom. The Kier molecular flexibility index (Phi) is 2.61. The molecule has 18 heavy (non-hydrogen) atoms. The summed E-state index contributed by atoms with van der Waals surface area (Å²) in [7, 11) is 0. The van der Waals surface area contributed by atoms with Crippen LogP contribution in [0.3, 0.4) is 0 Å². The molecule has 0 saturated heterocycles. The maximum Gasteiger partial charge on any atom is 0.416 e. The first-order valence-corrected chi connectivity index (χ1v) is 4.74. The van der Waals surface area contributed by atoms with Crippen molar-refractivity contribution in [3.63, 3.8) is 0 Å². The molecule has 7 heteroatoms. The number of carbonyl (C=O) groups is 1. The van der Waals surface area contributed by atoms with Crippen molar-refractivity contribution in [2.75, 3.05) is 0 Å². The average Bonchev–Trinajstić information content (AvgIpc) is 2.27. The van der Waals surface area contributed by atoms with Crippen molar-refractivity contribution < 1.29 is 23.1 Å². The Morgan fingerprint density at radius 2 is 1.94 bits per heavy atom. The van der Waals surface area contributed by atoms with Crippen LogP contribution in [0.1, 0.15) is 15.9 Å². The van der Waals surface area contributed by atoms with Gasteiger partial charge in [0.05, 0.1) is 17.1 Å². The molecule has 94 valence electrons. The fourth-order valence-corrected chi connectivity index (χ4v) is 1.55. The minimum atomic E-state index is -4.53. The van der Waals surface area contributed by atoms with E-state index in [0.29, 0.717) is 0 Å². The van der Waals surface area contributed by atoms with Crippen LogP contribution in [0, 0.1) is 0 Å². The van der Waals surface area contributed by atoms with Crippen LogP contribution in [0.2, 0.25) is 0 Å². The number of benzene rings is 1. The van der Waals surface area contributed by atoms with E-state index in [1.54, 1.807) is 0 Å². The third-order valence-electron chi connectivity index (χ3n) is 2.43. The largest absolute Gasteiger partial charge is 0.545 e. The first-order valence-electron chi connectivity index (χ1n) is 4.74. The molecule has 1 N–H and O–H groups in total. The second-order valence-corrected chi connectivity index (χ2v) is 3.58. The number of aromatic carboxylic acids is 1. The van der Waals surface area contributed by atoms with Gasteiger partial charge in [-0.25, -0.2) is 0 Å². The maximum absolute atomic E-state index is 12.4. The zero-order chi connectivity index (χ0) is 13.5. The molecule has 4 nitrogen and oxygen atoms in total. The molecule has 1 heterocycles. The molecule has 0 spiro atoms.